The van der Waals surface area contributed by atoms with Gasteiger partial charge in [-0.15, -0.1) is 0 Å². The molecule has 1 unspecified atom stereocenters. The second-order valence-electron chi connectivity index (χ2n) is 5.14. The Labute approximate surface area is 123 Å². The maximum Gasteiger partial charge on any atom is 0.123 e. The molecule has 2 nitrogen and oxygen atoms in total. The topological polar surface area (TPSA) is 24.9 Å². The summed E-state index contributed by atoms with van der Waals surface area (Å²) in [5.41, 5.74) is 4.14. The fraction of sp³-hybridized carbons (Fsp3) is 0.167. The second kappa shape index (κ2) is 5.62. The van der Waals surface area contributed by atoms with Gasteiger partial charge < -0.3 is 5.32 Å². The Hall–Kier alpha value is -2.26. The number of pyridine rings is 1. The molecule has 0 radical (unpaired) electrons. The molecular weight excluding hydrogens is 263 g/mol. The van der Waals surface area contributed by atoms with Crippen LogP contribution in [0.1, 0.15) is 22.7 Å². The summed E-state index contributed by atoms with van der Waals surface area (Å²) in [6, 6.07) is 15.1. The van der Waals surface area contributed by atoms with E-state index in [-0.39, 0.29) is 11.9 Å². The van der Waals surface area contributed by atoms with E-state index in [1.54, 1.807) is 12.3 Å². The fourth-order valence-corrected chi connectivity index (χ4v) is 2.82. The van der Waals surface area contributed by atoms with E-state index in [2.05, 4.69) is 22.4 Å². The van der Waals surface area contributed by atoms with Crippen LogP contribution in [0.25, 0.3) is 10.9 Å². The first-order valence-corrected chi connectivity index (χ1v) is 6.97. The molecule has 0 aliphatic rings. The van der Waals surface area contributed by atoms with Crippen molar-refractivity contribution in [1.82, 2.24) is 10.3 Å². The quantitative estimate of drug-likeness (QED) is 0.784. The van der Waals surface area contributed by atoms with E-state index in [1.165, 1.54) is 6.07 Å². The van der Waals surface area contributed by atoms with Gasteiger partial charge in [-0.3, -0.25) is 4.98 Å². The molecule has 2 aromatic carbocycles. The molecule has 0 amide bonds. The van der Waals surface area contributed by atoms with Crippen LogP contribution in [0.15, 0.2) is 54.7 Å². The number of aromatic nitrogens is 1. The van der Waals surface area contributed by atoms with Crippen molar-refractivity contribution in [3.05, 3.63) is 77.2 Å². The molecule has 1 aromatic heterocycles. The number of nitrogens with zero attached hydrogens (tertiary/aromatic N) is 1. The molecule has 0 aliphatic carbocycles. The molecule has 3 aromatic rings. The molecule has 0 saturated heterocycles. The van der Waals surface area contributed by atoms with Gasteiger partial charge in [-0.25, -0.2) is 4.39 Å². The zero-order chi connectivity index (χ0) is 14.8. The third-order valence-electron chi connectivity index (χ3n) is 3.82. The van der Waals surface area contributed by atoms with E-state index in [0.29, 0.717) is 0 Å². The van der Waals surface area contributed by atoms with Gasteiger partial charge in [0.2, 0.25) is 0 Å². The van der Waals surface area contributed by atoms with Gasteiger partial charge in [0, 0.05) is 11.6 Å². The molecule has 0 bridgehead atoms. The summed E-state index contributed by atoms with van der Waals surface area (Å²) in [5.74, 6) is -0.203. The summed E-state index contributed by atoms with van der Waals surface area (Å²) in [5, 5.41) is 4.45. The van der Waals surface area contributed by atoms with Gasteiger partial charge in [0.15, 0.2) is 0 Å². The Morgan fingerprint density at radius 1 is 1.05 bits per heavy atom. The minimum Gasteiger partial charge on any atom is -0.309 e. The molecule has 0 aliphatic heterocycles. The fourth-order valence-electron chi connectivity index (χ4n) is 2.82. The molecule has 1 heterocycles. The zero-order valence-electron chi connectivity index (χ0n) is 12.1. The summed E-state index contributed by atoms with van der Waals surface area (Å²) in [6.45, 7) is 1.94. The van der Waals surface area contributed by atoms with Gasteiger partial charge in [-0.1, -0.05) is 24.3 Å². The van der Waals surface area contributed by atoms with Crippen LogP contribution in [0.2, 0.25) is 0 Å². The van der Waals surface area contributed by atoms with E-state index >= 15 is 0 Å². The zero-order valence-corrected chi connectivity index (χ0v) is 12.1. The van der Waals surface area contributed by atoms with Crippen molar-refractivity contribution >= 4 is 10.9 Å². The summed E-state index contributed by atoms with van der Waals surface area (Å²) in [7, 11) is 1.92. The maximum absolute atomic E-state index is 13.3. The minimum atomic E-state index is -0.203. The number of hydrogen-bond donors (Lipinski definition) is 1. The first kappa shape index (κ1) is 13.7. The summed E-state index contributed by atoms with van der Waals surface area (Å²) >= 11 is 0. The van der Waals surface area contributed by atoms with Crippen molar-refractivity contribution in [2.45, 2.75) is 13.0 Å². The lowest BCUT2D eigenvalue weighted by Crippen LogP contribution is -2.19. The van der Waals surface area contributed by atoms with Crippen LogP contribution >= 0.6 is 0 Å². The van der Waals surface area contributed by atoms with Crippen LogP contribution < -0.4 is 5.32 Å². The van der Waals surface area contributed by atoms with Crippen LogP contribution in [0.3, 0.4) is 0 Å². The van der Waals surface area contributed by atoms with Crippen molar-refractivity contribution in [3.63, 3.8) is 0 Å². The molecule has 3 rings (SSSR count). The van der Waals surface area contributed by atoms with Crippen LogP contribution in [0.4, 0.5) is 4.39 Å². The highest BCUT2D eigenvalue weighted by Crippen LogP contribution is 2.29. The average molecular weight is 280 g/mol. The largest absolute Gasteiger partial charge is 0.309 e. The number of halogens is 1. The number of hydrogen-bond acceptors (Lipinski definition) is 2. The highest BCUT2D eigenvalue weighted by atomic mass is 19.1. The summed E-state index contributed by atoms with van der Waals surface area (Å²) in [6.07, 6.45) is 1.80. The molecular formula is C18H17FN2. The van der Waals surface area contributed by atoms with Crippen molar-refractivity contribution < 1.29 is 4.39 Å². The highest BCUT2D eigenvalue weighted by Gasteiger charge is 2.17. The molecule has 3 heteroatoms. The molecule has 0 spiro atoms. The minimum absolute atomic E-state index is 0.0125. The predicted octanol–water partition coefficient (Wildman–Crippen LogP) is 3.99. The second-order valence-corrected chi connectivity index (χ2v) is 5.14. The van der Waals surface area contributed by atoms with E-state index in [1.807, 2.05) is 38.2 Å². The first-order chi connectivity index (χ1) is 10.2. The Bertz CT molecular complexity index is 778. The van der Waals surface area contributed by atoms with Crippen molar-refractivity contribution in [2.24, 2.45) is 0 Å². The first-order valence-electron chi connectivity index (χ1n) is 6.97. The standard InChI is InChI=1S/C18H17FN2/c1-12-11-13(19)8-9-14(12)18(20-2)16-5-3-7-17-15(16)6-4-10-21-17/h3-11,18,20H,1-2H3. The van der Waals surface area contributed by atoms with Crippen molar-refractivity contribution in [1.29, 1.82) is 0 Å². The van der Waals surface area contributed by atoms with Crippen molar-refractivity contribution in [2.75, 3.05) is 7.05 Å². The van der Waals surface area contributed by atoms with Gasteiger partial charge in [0.1, 0.15) is 5.82 Å². The predicted molar refractivity (Wildman–Crippen MR) is 83.8 cm³/mol. The van der Waals surface area contributed by atoms with Crippen molar-refractivity contribution in [3.8, 4) is 0 Å². The highest BCUT2D eigenvalue weighted by molar-refractivity contribution is 5.83. The van der Waals surface area contributed by atoms with Gasteiger partial charge in [0.25, 0.3) is 0 Å². The van der Waals surface area contributed by atoms with E-state index in [9.17, 15) is 4.39 Å². The van der Waals surface area contributed by atoms with E-state index < -0.39 is 0 Å². The third kappa shape index (κ3) is 2.52. The SMILES string of the molecule is CNC(c1ccc(F)cc1C)c1cccc2ncccc12. The molecule has 106 valence electrons. The average Bonchev–Trinajstić information content (AvgIpc) is 2.50. The molecule has 21 heavy (non-hydrogen) atoms. The number of nitrogens with one attached hydrogen (secondary N) is 1. The van der Waals surface area contributed by atoms with Crippen LogP contribution in [-0.2, 0) is 0 Å². The number of aryl methyl sites for hydroxylation is 1. The van der Waals surface area contributed by atoms with Gasteiger partial charge >= 0.3 is 0 Å². The molecule has 1 atom stereocenters. The monoisotopic (exact) mass is 280 g/mol. The lowest BCUT2D eigenvalue weighted by molar-refractivity contribution is 0.621. The Balaban J connectivity index is 2.18. The Morgan fingerprint density at radius 2 is 1.90 bits per heavy atom. The van der Waals surface area contributed by atoms with Crippen LogP contribution in [-0.4, -0.2) is 12.0 Å². The molecule has 0 saturated carbocycles. The molecule has 1 N–H and O–H groups in total. The van der Waals surface area contributed by atoms with Gasteiger partial charge in [-0.05, 0) is 54.9 Å². The summed E-state index contributed by atoms with van der Waals surface area (Å²) in [4.78, 5) is 4.40. The Kier molecular flexibility index (Phi) is 3.67. The Morgan fingerprint density at radius 3 is 2.67 bits per heavy atom. The van der Waals surface area contributed by atoms with Gasteiger partial charge in [0.05, 0.1) is 11.6 Å². The van der Waals surface area contributed by atoms with Crippen LogP contribution in [0.5, 0.6) is 0 Å². The lowest BCUT2D eigenvalue weighted by atomic mass is 9.92. The number of fused-ring (bicyclic) bond motifs is 1. The van der Waals surface area contributed by atoms with Crippen LogP contribution in [0, 0.1) is 12.7 Å². The summed E-state index contributed by atoms with van der Waals surface area (Å²) < 4.78 is 13.3. The molecule has 0 fully saturated rings. The normalized spacial score (nSPS) is 12.5. The smallest absolute Gasteiger partial charge is 0.123 e. The van der Waals surface area contributed by atoms with E-state index in [4.69, 9.17) is 0 Å². The number of rotatable bonds is 3. The lowest BCUT2D eigenvalue weighted by Gasteiger charge is -2.21. The maximum atomic E-state index is 13.3. The van der Waals surface area contributed by atoms with E-state index in [0.717, 1.165) is 27.6 Å². The third-order valence-corrected chi connectivity index (χ3v) is 3.82. The van der Waals surface area contributed by atoms with Gasteiger partial charge in [-0.2, -0.15) is 0 Å². The number of benzene rings is 2.